The van der Waals surface area contributed by atoms with Crippen molar-refractivity contribution >= 4 is 16.8 Å². The molecule has 0 fully saturated rings. The number of para-hydroxylation sites is 1. The molecular weight excluding hydrogens is 250 g/mol. The molecule has 2 heterocycles. The number of pyridine rings is 1. The Hall–Kier alpha value is -1.94. The van der Waals surface area contributed by atoms with E-state index in [0.717, 1.165) is 52.8 Å². The first-order valence-corrected chi connectivity index (χ1v) is 7.12. The standard InChI is InChI=1S/C16H19N3O/c1-3-18-16(20)14-11-6-4-5-10(2)15(11)19-13-7-8-17-9-12(13)14/h4-6,17H,3,7-9H2,1-2H3,(H,18,20). The highest BCUT2D eigenvalue weighted by molar-refractivity contribution is 6.08. The van der Waals surface area contributed by atoms with Crippen molar-refractivity contribution in [1.82, 2.24) is 15.6 Å². The summed E-state index contributed by atoms with van der Waals surface area (Å²) in [5.41, 5.74) is 4.98. The van der Waals surface area contributed by atoms with E-state index in [-0.39, 0.29) is 5.91 Å². The maximum atomic E-state index is 12.5. The highest BCUT2D eigenvalue weighted by Gasteiger charge is 2.22. The summed E-state index contributed by atoms with van der Waals surface area (Å²) in [6, 6.07) is 6.03. The minimum absolute atomic E-state index is 0.00505. The van der Waals surface area contributed by atoms with Crippen LogP contribution in [0.5, 0.6) is 0 Å². The zero-order chi connectivity index (χ0) is 14.1. The first-order valence-electron chi connectivity index (χ1n) is 7.12. The monoisotopic (exact) mass is 269 g/mol. The number of carbonyl (C=O) groups is 1. The van der Waals surface area contributed by atoms with Gasteiger partial charge >= 0.3 is 0 Å². The molecule has 3 rings (SSSR count). The molecule has 1 aromatic heterocycles. The highest BCUT2D eigenvalue weighted by atomic mass is 16.1. The topological polar surface area (TPSA) is 54.0 Å². The average Bonchev–Trinajstić information content (AvgIpc) is 2.46. The van der Waals surface area contributed by atoms with Gasteiger partial charge in [0.2, 0.25) is 0 Å². The number of aryl methyl sites for hydroxylation is 1. The summed E-state index contributed by atoms with van der Waals surface area (Å²) in [7, 11) is 0. The van der Waals surface area contributed by atoms with Gasteiger partial charge in [0, 0.05) is 42.7 Å². The average molecular weight is 269 g/mol. The Bertz CT molecular complexity index is 679. The first kappa shape index (κ1) is 13.1. The minimum atomic E-state index is 0.00505. The van der Waals surface area contributed by atoms with E-state index in [1.165, 1.54) is 0 Å². The third kappa shape index (κ3) is 2.06. The molecule has 0 saturated carbocycles. The van der Waals surface area contributed by atoms with Gasteiger partial charge in [-0.25, -0.2) is 0 Å². The predicted octanol–water partition coefficient (Wildman–Crippen LogP) is 1.94. The molecular formula is C16H19N3O. The number of fused-ring (bicyclic) bond motifs is 2. The second-order valence-electron chi connectivity index (χ2n) is 5.17. The van der Waals surface area contributed by atoms with Crippen molar-refractivity contribution < 1.29 is 4.79 Å². The SMILES string of the molecule is CCNC(=O)c1c2c(nc3c(C)cccc13)CCNC2. The van der Waals surface area contributed by atoms with Gasteiger partial charge in [0.1, 0.15) is 0 Å². The van der Waals surface area contributed by atoms with E-state index in [4.69, 9.17) is 4.98 Å². The van der Waals surface area contributed by atoms with Gasteiger partial charge in [0.05, 0.1) is 11.1 Å². The molecule has 0 bridgehead atoms. The van der Waals surface area contributed by atoms with Crippen molar-refractivity contribution in [3.8, 4) is 0 Å². The van der Waals surface area contributed by atoms with Crippen molar-refractivity contribution in [1.29, 1.82) is 0 Å². The van der Waals surface area contributed by atoms with Crippen LogP contribution < -0.4 is 10.6 Å². The molecule has 1 amide bonds. The molecule has 1 aromatic carbocycles. The van der Waals surface area contributed by atoms with Crippen molar-refractivity contribution in [3.05, 3.63) is 40.6 Å². The number of carbonyl (C=O) groups excluding carboxylic acids is 1. The van der Waals surface area contributed by atoms with Crippen LogP contribution in [-0.4, -0.2) is 24.0 Å². The molecule has 0 spiro atoms. The quantitative estimate of drug-likeness (QED) is 0.876. The Morgan fingerprint density at radius 3 is 3.10 bits per heavy atom. The van der Waals surface area contributed by atoms with E-state index in [0.29, 0.717) is 6.54 Å². The zero-order valence-electron chi connectivity index (χ0n) is 11.9. The Kier molecular flexibility index (Phi) is 3.40. The molecule has 1 aliphatic rings. The largest absolute Gasteiger partial charge is 0.352 e. The lowest BCUT2D eigenvalue weighted by molar-refractivity contribution is 0.0956. The summed E-state index contributed by atoms with van der Waals surface area (Å²) >= 11 is 0. The summed E-state index contributed by atoms with van der Waals surface area (Å²) in [6.07, 6.45) is 0.881. The molecule has 20 heavy (non-hydrogen) atoms. The third-order valence-corrected chi connectivity index (χ3v) is 3.81. The molecule has 0 saturated heterocycles. The molecule has 4 nitrogen and oxygen atoms in total. The summed E-state index contributed by atoms with van der Waals surface area (Å²) < 4.78 is 0. The molecule has 0 atom stereocenters. The van der Waals surface area contributed by atoms with Crippen LogP contribution in [0.15, 0.2) is 18.2 Å². The number of hydrogen-bond donors (Lipinski definition) is 2. The Labute approximate surface area is 118 Å². The zero-order valence-corrected chi connectivity index (χ0v) is 11.9. The normalized spacial score (nSPS) is 14.1. The Balaban J connectivity index is 2.32. The predicted molar refractivity (Wildman–Crippen MR) is 79.9 cm³/mol. The van der Waals surface area contributed by atoms with Crippen LogP contribution in [0.1, 0.15) is 34.1 Å². The maximum Gasteiger partial charge on any atom is 0.252 e. The second kappa shape index (κ2) is 5.21. The van der Waals surface area contributed by atoms with Crippen LogP contribution in [0.4, 0.5) is 0 Å². The number of hydrogen-bond acceptors (Lipinski definition) is 3. The van der Waals surface area contributed by atoms with Gasteiger partial charge in [-0.15, -0.1) is 0 Å². The van der Waals surface area contributed by atoms with Crippen LogP contribution in [0, 0.1) is 6.92 Å². The lowest BCUT2D eigenvalue weighted by Gasteiger charge is -2.21. The van der Waals surface area contributed by atoms with Gasteiger partial charge in [0.15, 0.2) is 0 Å². The van der Waals surface area contributed by atoms with E-state index in [1.54, 1.807) is 0 Å². The second-order valence-corrected chi connectivity index (χ2v) is 5.17. The lowest BCUT2D eigenvalue weighted by Crippen LogP contribution is -2.30. The maximum absolute atomic E-state index is 12.5. The number of nitrogens with one attached hydrogen (secondary N) is 2. The number of aromatic nitrogens is 1. The van der Waals surface area contributed by atoms with Crippen LogP contribution >= 0.6 is 0 Å². The van der Waals surface area contributed by atoms with E-state index in [2.05, 4.69) is 10.6 Å². The summed E-state index contributed by atoms with van der Waals surface area (Å²) in [4.78, 5) is 17.3. The van der Waals surface area contributed by atoms with Crippen molar-refractivity contribution in [2.45, 2.75) is 26.8 Å². The van der Waals surface area contributed by atoms with Gasteiger partial charge < -0.3 is 10.6 Å². The molecule has 4 heteroatoms. The van der Waals surface area contributed by atoms with Crippen LogP contribution in [0.2, 0.25) is 0 Å². The van der Waals surface area contributed by atoms with Crippen LogP contribution in [0.3, 0.4) is 0 Å². The van der Waals surface area contributed by atoms with Crippen LogP contribution in [-0.2, 0) is 13.0 Å². The van der Waals surface area contributed by atoms with Crippen molar-refractivity contribution in [2.75, 3.05) is 13.1 Å². The van der Waals surface area contributed by atoms with Crippen molar-refractivity contribution in [3.63, 3.8) is 0 Å². The fraction of sp³-hybridized carbons (Fsp3) is 0.375. The fourth-order valence-corrected chi connectivity index (χ4v) is 2.84. The Morgan fingerprint density at radius 1 is 1.45 bits per heavy atom. The van der Waals surface area contributed by atoms with Gasteiger partial charge in [-0.3, -0.25) is 9.78 Å². The van der Waals surface area contributed by atoms with E-state index in [1.807, 2.05) is 32.0 Å². The van der Waals surface area contributed by atoms with Crippen molar-refractivity contribution in [2.24, 2.45) is 0 Å². The van der Waals surface area contributed by atoms with Gasteiger partial charge in [0.25, 0.3) is 5.91 Å². The summed E-state index contributed by atoms with van der Waals surface area (Å²) in [5, 5.41) is 7.22. The molecule has 2 aromatic rings. The number of nitrogens with zero attached hydrogens (tertiary/aromatic N) is 1. The highest BCUT2D eigenvalue weighted by Crippen LogP contribution is 2.27. The fourth-order valence-electron chi connectivity index (χ4n) is 2.84. The van der Waals surface area contributed by atoms with E-state index in [9.17, 15) is 4.79 Å². The minimum Gasteiger partial charge on any atom is -0.352 e. The molecule has 0 aliphatic carbocycles. The Morgan fingerprint density at radius 2 is 2.30 bits per heavy atom. The van der Waals surface area contributed by atoms with Gasteiger partial charge in [-0.1, -0.05) is 18.2 Å². The summed E-state index contributed by atoms with van der Waals surface area (Å²) in [5.74, 6) is 0.00505. The molecule has 1 aliphatic heterocycles. The lowest BCUT2D eigenvalue weighted by atomic mass is 9.95. The number of rotatable bonds is 2. The first-order chi connectivity index (χ1) is 9.72. The third-order valence-electron chi connectivity index (χ3n) is 3.81. The van der Waals surface area contributed by atoms with Gasteiger partial charge in [-0.2, -0.15) is 0 Å². The molecule has 2 N–H and O–H groups in total. The van der Waals surface area contributed by atoms with E-state index >= 15 is 0 Å². The summed E-state index contributed by atoms with van der Waals surface area (Å²) in [6.45, 7) is 6.27. The molecule has 104 valence electrons. The number of amides is 1. The van der Waals surface area contributed by atoms with E-state index < -0.39 is 0 Å². The van der Waals surface area contributed by atoms with Gasteiger partial charge in [-0.05, 0) is 19.4 Å². The molecule has 0 unspecified atom stereocenters. The smallest absolute Gasteiger partial charge is 0.252 e. The van der Waals surface area contributed by atoms with Crippen LogP contribution in [0.25, 0.3) is 10.9 Å². The number of benzene rings is 1. The molecule has 0 radical (unpaired) electrons.